The molecule has 0 fully saturated rings. The smallest absolute Gasteiger partial charge is 0.269 e. The van der Waals surface area contributed by atoms with E-state index in [1.165, 1.54) is 48.1 Å². The number of hydrogen-bond acceptors (Lipinski definition) is 9. The van der Waals surface area contributed by atoms with Gasteiger partial charge in [-0.25, -0.2) is 31.7 Å². The Balaban J connectivity index is 1.24. The Labute approximate surface area is 256 Å². The molecule has 1 atom stereocenters. The number of carbonyl (C=O) groups excluding carboxylic acids is 1. The summed E-state index contributed by atoms with van der Waals surface area (Å²) >= 11 is 1.43. The van der Waals surface area contributed by atoms with E-state index in [4.69, 9.17) is 5.73 Å². The van der Waals surface area contributed by atoms with Crippen LogP contribution in [0, 0.1) is 5.82 Å². The van der Waals surface area contributed by atoms with Gasteiger partial charge in [0.15, 0.2) is 5.65 Å². The van der Waals surface area contributed by atoms with Gasteiger partial charge in [-0.2, -0.15) is 0 Å². The molecule has 0 spiro atoms. The maximum absolute atomic E-state index is 13.5. The van der Waals surface area contributed by atoms with Crippen LogP contribution in [0.4, 0.5) is 16.0 Å². The molecule has 1 amide bonds. The van der Waals surface area contributed by atoms with Gasteiger partial charge in [-0.05, 0) is 61.0 Å². The van der Waals surface area contributed by atoms with Gasteiger partial charge in [0.25, 0.3) is 15.9 Å². The normalized spacial score (nSPS) is 12.2. The fourth-order valence-electron chi connectivity index (χ4n) is 4.76. The number of hydrogen-bond donors (Lipinski definition) is 3. The summed E-state index contributed by atoms with van der Waals surface area (Å²) in [4.78, 5) is 27.6. The highest BCUT2D eigenvalue weighted by atomic mass is 32.2. The number of nitrogens with one attached hydrogen (secondary N) is 2. The molecular formula is C31H26FN7O3S2. The van der Waals surface area contributed by atoms with Crippen LogP contribution in [0.25, 0.3) is 21.5 Å². The van der Waals surface area contributed by atoms with Crippen LogP contribution in [0.5, 0.6) is 0 Å². The molecule has 0 aliphatic carbocycles. The number of halogens is 1. The van der Waals surface area contributed by atoms with E-state index in [1.807, 2.05) is 19.1 Å². The van der Waals surface area contributed by atoms with Crippen molar-refractivity contribution in [3.63, 3.8) is 0 Å². The van der Waals surface area contributed by atoms with Crippen molar-refractivity contribution < 1.29 is 17.6 Å². The summed E-state index contributed by atoms with van der Waals surface area (Å²) in [5.41, 5.74) is 8.12. The molecule has 4 N–H and O–H groups in total. The van der Waals surface area contributed by atoms with Gasteiger partial charge < -0.3 is 16.4 Å². The van der Waals surface area contributed by atoms with E-state index in [0.29, 0.717) is 28.9 Å². The van der Waals surface area contributed by atoms with E-state index < -0.39 is 10.0 Å². The van der Waals surface area contributed by atoms with Crippen LogP contribution in [0.1, 0.15) is 33.8 Å². The van der Waals surface area contributed by atoms with Crippen molar-refractivity contribution in [1.29, 1.82) is 0 Å². The lowest BCUT2D eigenvalue weighted by Crippen LogP contribution is -2.27. The van der Waals surface area contributed by atoms with Crippen molar-refractivity contribution in [2.24, 2.45) is 0 Å². The van der Waals surface area contributed by atoms with E-state index in [0.717, 1.165) is 19.3 Å². The predicted octanol–water partition coefficient (Wildman–Crippen LogP) is 5.62. The number of thiophene rings is 1. The topological polar surface area (TPSA) is 145 Å². The maximum atomic E-state index is 13.5. The van der Waals surface area contributed by atoms with Crippen molar-refractivity contribution in [3.05, 3.63) is 119 Å². The highest BCUT2D eigenvalue weighted by Gasteiger charge is 2.25. The second-order valence-corrected chi connectivity index (χ2v) is 12.9. The zero-order valence-electron chi connectivity index (χ0n) is 23.3. The number of nitrogens with zero attached hydrogens (tertiary/aromatic N) is 4. The van der Waals surface area contributed by atoms with E-state index in [-0.39, 0.29) is 34.1 Å². The minimum absolute atomic E-state index is 0.124. The molecule has 10 nitrogen and oxygen atoms in total. The number of carbonyl (C=O) groups is 1. The van der Waals surface area contributed by atoms with Gasteiger partial charge in [-0.1, -0.05) is 30.3 Å². The number of fused-ring (bicyclic) bond motifs is 1. The lowest BCUT2D eigenvalue weighted by Gasteiger charge is -2.16. The van der Waals surface area contributed by atoms with Crippen molar-refractivity contribution in [3.8, 4) is 10.4 Å². The second kappa shape index (κ2) is 11.9. The third kappa shape index (κ3) is 5.62. The Hall–Kier alpha value is -5.14. The molecule has 0 saturated carbocycles. The van der Waals surface area contributed by atoms with Gasteiger partial charge in [-0.3, -0.25) is 4.79 Å². The highest BCUT2D eigenvalue weighted by molar-refractivity contribution is 7.90. The molecule has 0 saturated heterocycles. The standard InChI is InChI=1S/C31H26FN7O3S2/c1-19(20-9-11-21(32)12-10-20)38-31(40)24-8-5-15-34-29(24)35-16-22-13-14-26(43-22)25-17-39(30-27(25)28(33)36-18-37-30)44(41,42)23-6-3-2-4-7-23/h2-15,17-19H,16H2,1H3,(H,34,35)(H,38,40)(H2,33,36,37)/t19-/m0/s1. The van der Waals surface area contributed by atoms with Crippen LogP contribution in [0.3, 0.4) is 0 Å². The Morgan fingerprint density at radius 3 is 2.55 bits per heavy atom. The van der Waals surface area contributed by atoms with Gasteiger partial charge in [-0.15, -0.1) is 11.3 Å². The van der Waals surface area contributed by atoms with Crippen LogP contribution in [-0.2, 0) is 16.6 Å². The Kier molecular flexibility index (Phi) is 7.80. The van der Waals surface area contributed by atoms with Gasteiger partial charge in [0.05, 0.1) is 28.4 Å². The molecular weight excluding hydrogens is 602 g/mol. The maximum Gasteiger partial charge on any atom is 0.269 e. The Bertz CT molecular complexity index is 2080. The molecule has 222 valence electrons. The van der Waals surface area contributed by atoms with Gasteiger partial charge in [0.1, 0.15) is 23.8 Å². The SMILES string of the molecule is C[C@H](NC(=O)c1cccnc1NCc1ccc(-c2cn(S(=O)(=O)c3ccccc3)c3ncnc(N)c23)s1)c1ccc(F)cc1. The molecule has 13 heteroatoms. The first-order chi connectivity index (χ1) is 21.2. The fraction of sp³-hybridized carbons (Fsp3) is 0.0968. The van der Waals surface area contributed by atoms with Crippen molar-refractivity contribution in [2.75, 3.05) is 11.1 Å². The highest BCUT2D eigenvalue weighted by Crippen LogP contribution is 2.38. The van der Waals surface area contributed by atoms with Crippen LogP contribution in [-0.4, -0.2) is 33.2 Å². The second-order valence-electron chi connectivity index (χ2n) is 9.88. The number of aromatic nitrogens is 4. The molecule has 4 heterocycles. The minimum Gasteiger partial charge on any atom is -0.383 e. The van der Waals surface area contributed by atoms with E-state index in [9.17, 15) is 17.6 Å². The van der Waals surface area contributed by atoms with Crippen molar-refractivity contribution >= 4 is 49.9 Å². The van der Waals surface area contributed by atoms with Gasteiger partial charge in [0.2, 0.25) is 0 Å². The van der Waals surface area contributed by atoms with Crippen LogP contribution < -0.4 is 16.4 Å². The monoisotopic (exact) mass is 627 g/mol. The molecule has 2 aromatic carbocycles. The number of rotatable bonds is 9. The molecule has 0 aliphatic rings. The average molecular weight is 628 g/mol. The minimum atomic E-state index is -3.95. The molecule has 44 heavy (non-hydrogen) atoms. The van der Waals surface area contributed by atoms with Crippen molar-refractivity contribution in [1.82, 2.24) is 24.2 Å². The van der Waals surface area contributed by atoms with Crippen LogP contribution in [0.15, 0.2) is 102 Å². The van der Waals surface area contributed by atoms with E-state index >= 15 is 0 Å². The number of pyridine rings is 1. The lowest BCUT2D eigenvalue weighted by atomic mass is 10.1. The lowest BCUT2D eigenvalue weighted by molar-refractivity contribution is 0.0940. The fourth-order valence-corrected chi connectivity index (χ4v) is 7.06. The first kappa shape index (κ1) is 29.0. The average Bonchev–Trinajstić information content (AvgIpc) is 3.67. The number of nitrogens with two attached hydrogens (primary N) is 1. The first-order valence-electron chi connectivity index (χ1n) is 13.5. The Morgan fingerprint density at radius 1 is 1.00 bits per heavy atom. The van der Waals surface area contributed by atoms with Crippen LogP contribution in [0.2, 0.25) is 0 Å². The largest absolute Gasteiger partial charge is 0.383 e. The number of benzene rings is 2. The zero-order chi connectivity index (χ0) is 30.8. The summed E-state index contributed by atoms with van der Waals surface area (Å²) in [5, 5.41) is 6.60. The molecule has 0 bridgehead atoms. The Morgan fingerprint density at radius 2 is 1.77 bits per heavy atom. The zero-order valence-corrected chi connectivity index (χ0v) is 24.9. The quantitative estimate of drug-likeness (QED) is 0.187. The summed E-state index contributed by atoms with van der Waals surface area (Å²) < 4.78 is 41.5. The molecule has 0 aliphatic heterocycles. The first-order valence-corrected chi connectivity index (χ1v) is 15.7. The number of anilines is 2. The van der Waals surface area contributed by atoms with Crippen molar-refractivity contribution in [2.45, 2.75) is 24.4 Å². The predicted molar refractivity (Wildman–Crippen MR) is 168 cm³/mol. The third-order valence-corrected chi connectivity index (χ3v) is 9.79. The summed E-state index contributed by atoms with van der Waals surface area (Å²) in [5.74, 6) is -0.108. The van der Waals surface area contributed by atoms with Crippen LogP contribution >= 0.6 is 11.3 Å². The summed E-state index contributed by atoms with van der Waals surface area (Å²) in [6.45, 7) is 2.17. The van der Waals surface area contributed by atoms with E-state index in [2.05, 4.69) is 25.6 Å². The molecule has 0 unspecified atom stereocenters. The summed E-state index contributed by atoms with van der Waals surface area (Å²) in [6.07, 6.45) is 4.35. The van der Waals surface area contributed by atoms with E-state index in [1.54, 1.807) is 48.7 Å². The third-order valence-electron chi connectivity index (χ3n) is 7.01. The summed E-state index contributed by atoms with van der Waals surface area (Å²) in [7, 11) is -3.95. The molecule has 0 radical (unpaired) electrons. The molecule has 6 rings (SSSR count). The molecule has 4 aromatic heterocycles. The molecule has 6 aromatic rings. The summed E-state index contributed by atoms with van der Waals surface area (Å²) in [6, 6.07) is 20.9. The number of nitrogen functional groups attached to an aromatic ring is 1. The van der Waals surface area contributed by atoms with Gasteiger partial charge >= 0.3 is 0 Å². The van der Waals surface area contributed by atoms with Gasteiger partial charge in [0, 0.05) is 27.7 Å². The number of amides is 1.